The Morgan fingerprint density at radius 1 is 1.43 bits per heavy atom. The van der Waals surface area contributed by atoms with Crippen molar-refractivity contribution in [3.05, 3.63) is 0 Å². The van der Waals surface area contributed by atoms with Gasteiger partial charge in [0.15, 0.2) is 0 Å². The molecule has 1 rings (SSSR count). The van der Waals surface area contributed by atoms with Gasteiger partial charge < -0.3 is 5.32 Å². The summed E-state index contributed by atoms with van der Waals surface area (Å²) >= 11 is 6.12. The van der Waals surface area contributed by atoms with Crippen molar-refractivity contribution in [2.75, 3.05) is 5.88 Å². The van der Waals surface area contributed by atoms with Gasteiger partial charge in [0.2, 0.25) is 0 Å². The zero-order chi connectivity index (χ0) is 10.6. The van der Waals surface area contributed by atoms with Crippen LogP contribution in [0.2, 0.25) is 0 Å². The zero-order valence-corrected chi connectivity index (χ0v) is 10.5. The Balaban J connectivity index is 2.49. The molecule has 0 aromatic rings. The summed E-state index contributed by atoms with van der Waals surface area (Å²) in [4.78, 5) is 0. The van der Waals surface area contributed by atoms with Gasteiger partial charge in [-0.3, -0.25) is 0 Å². The molecule has 0 aromatic heterocycles. The van der Waals surface area contributed by atoms with Crippen molar-refractivity contribution in [3.8, 4) is 0 Å². The number of hydrogen-bond acceptors (Lipinski definition) is 1. The predicted molar refractivity (Wildman–Crippen MR) is 64.0 cm³/mol. The Hall–Kier alpha value is 0.250. The first-order chi connectivity index (χ1) is 6.62. The van der Waals surface area contributed by atoms with Crippen LogP contribution >= 0.6 is 11.6 Å². The quantitative estimate of drug-likeness (QED) is 0.711. The van der Waals surface area contributed by atoms with E-state index in [2.05, 4.69) is 26.1 Å². The van der Waals surface area contributed by atoms with Crippen LogP contribution in [0.4, 0.5) is 0 Å². The van der Waals surface area contributed by atoms with Gasteiger partial charge in [0.1, 0.15) is 0 Å². The molecule has 1 aliphatic carbocycles. The van der Waals surface area contributed by atoms with Gasteiger partial charge in [0, 0.05) is 17.5 Å². The molecule has 0 aromatic carbocycles. The number of hydrogen-bond donors (Lipinski definition) is 1. The normalized spacial score (nSPS) is 35.6. The molecule has 1 unspecified atom stereocenters. The van der Waals surface area contributed by atoms with E-state index in [1.165, 1.54) is 32.1 Å². The Kier molecular flexibility index (Phi) is 4.72. The minimum atomic E-state index is 0.240. The summed E-state index contributed by atoms with van der Waals surface area (Å²) in [5.74, 6) is 1.66. The molecule has 0 radical (unpaired) electrons. The van der Waals surface area contributed by atoms with Gasteiger partial charge >= 0.3 is 0 Å². The molecule has 1 N–H and O–H groups in total. The fraction of sp³-hybridized carbons (Fsp3) is 1.00. The van der Waals surface area contributed by atoms with Crippen molar-refractivity contribution in [2.24, 2.45) is 5.92 Å². The maximum Gasteiger partial charge on any atom is 0.0406 e. The molecule has 0 heterocycles. The van der Waals surface area contributed by atoms with Gasteiger partial charge in [0.25, 0.3) is 0 Å². The molecule has 1 saturated carbocycles. The number of halogens is 1. The lowest BCUT2D eigenvalue weighted by Crippen LogP contribution is -2.52. The van der Waals surface area contributed by atoms with Gasteiger partial charge in [-0.15, -0.1) is 11.6 Å². The molecule has 0 spiro atoms. The van der Waals surface area contributed by atoms with Crippen LogP contribution in [0.15, 0.2) is 0 Å². The van der Waals surface area contributed by atoms with E-state index in [-0.39, 0.29) is 5.54 Å². The Bertz CT molecular complexity index is 162. The van der Waals surface area contributed by atoms with E-state index < -0.39 is 0 Å². The van der Waals surface area contributed by atoms with Crippen molar-refractivity contribution in [1.29, 1.82) is 0 Å². The number of nitrogens with one attached hydrogen (secondary N) is 1. The summed E-state index contributed by atoms with van der Waals surface area (Å²) in [6.45, 7) is 6.83. The molecule has 1 nitrogen and oxygen atoms in total. The van der Waals surface area contributed by atoms with Crippen molar-refractivity contribution in [3.63, 3.8) is 0 Å². The zero-order valence-electron chi connectivity index (χ0n) is 9.78. The van der Waals surface area contributed by atoms with Gasteiger partial charge in [-0.2, -0.15) is 0 Å². The highest BCUT2D eigenvalue weighted by Gasteiger charge is 2.33. The van der Waals surface area contributed by atoms with Crippen LogP contribution in [-0.4, -0.2) is 17.5 Å². The first-order valence-electron chi connectivity index (χ1n) is 5.95. The summed E-state index contributed by atoms with van der Waals surface area (Å²) in [7, 11) is 0. The summed E-state index contributed by atoms with van der Waals surface area (Å²) < 4.78 is 0. The average molecular weight is 218 g/mol. The highest BCUT2D eigenvalue weighted by molar-refractivity contribution is 6.18. The number of rotatable bonds is 4. The first kappa shape index (κ1) is 12.3. The van der Waals surface area contributed by atoms with Crippen LogP contribution in [0.5, 0.6) is 0 Å². The second-order valence-electron chi connectivity index (χ2n) is 5.05. The van der Waals surface area contributed by atoms with E-state index >= 15 is 0 Å². The van der Waals surface area contributed by atoms with E-state index in [9.17, 15) is 0 Å². The third-order valence-corrected chi connectivity index (χ3v) is 4.16. The van der Waals surface area contributed by atoms with Gasteiger partial charge in [-0.1, -0.05) is 13.8 Å². The van der Waals surface area contributed by atoms with Crippen LogP contribution < -0.4 is 5.32 Å². The molecular formula is C12H24ClN. The van der Waals surface area contributed by atoms with Crippen LogP contribution in [0, 0.1) is 5.92 Å². The predicted octanol–water partition coefficient (Wildman–Crippen LogP) is 3.56. The highest BCUT2D eigenvalue weighted by atomic mass is 35.5. The minimum absolute atomic E-state index is 0.240. The maximum absolute atomic E-state index is 6.12. The standard InChI is InChI=1S/C12H24ClN/c1-4-11(3)14-12(9-13)7-5-10(2)6-8-12/h10-11,14H,4-9H2,1-3H3. The molecule has 0 amide bonds. The molecule has 0 aliphatic heterocycles. The number of alkyl halides is 1. The lowest BCUT2D eigenvalue weighted by atomic mass is 9.78. The summed E-state index contributed by atoms with van der Waals surface area (Å²) in [5.41, 5.74) is 0.240. The molecular weight excluding hydrogens is 194 g/mol. The van der Waals surface area contributed by atoms with Crippen LogP contribution in [0.3, 0.4) is 0 Å². The summed E-state index contributed by atoms with van der Waals surface area (Å²) in [6, 6.07) is 0.599. The van der Waals surface area contributed by atoms with Crippen LogP contribution in [-0.2, 0) is 0 Å². The van der Waals surface area contributed by atoms with E-state index in [0.717, 1.165) is 11.8 Å². The molecule has 2 heteroatoms. The Labute approximate surface area is 93.6 Å². The molecule has 1 aliphatic rings. The van der Waals surface area contributed by atoms with Crippen LogP contribution in [0.25, 0.3) is 0 Å². The van der Waals surface area contributed by atoms with Crippen LogP contribution in [0.1, 0.15) is 52.9 Å². The third-order valence-electron chi connectivity index (χ3n) is 3.65. The summed E-state index contributed by atoms with van der Waals surface area (Å²) in [6.07, 6.45) is 6.35. The second-order valence-corrected chi connectivity index (χ2v) is 5.32. The molecule has 1 fully saturated rings. The van der Waals surface area contributed by atoms with E-state index in [1.54, 1.807) is 0 Å². The maximum atomic E-state index is 6.12. The minimum Gasteiger partial charge on any atom is -0.308 e. The van der Waals surface area contributed by atoms with Crippen molar-refractivity contribution in [1.82, 2.24) is 5.32 Å². The van der Waals surface area contributed by atoms with Gasteiger partial charge in [-0.05, 0) is 44.9 Å². The first-order valence-corrected chi connectivity index (χ1v) is 6.49. The molecule has 0 bridgehead atoms. The van der Waals surface area contributed by atoms with Crippen molar-refractivity contribution in [2.45, 2.75) is 64.5 Å². The average Bonchev–Trinajstić information content (AvgIpc) is 2.22. The lowest BCUT2D eigenvalue weighted by molar-refractivity contribution is 0.200. The Morgan fingerprint density at radius 2 is 2.00 bits per heavy atom. The SMILES string of the molecule is CCC(C)NC1(CCl)CCC(C)CC1. The smallest absolute Gasteiger partial charge is 0.0406 e. The molecule has 1 atom stereocenters. The van der Waals surface area contributed by atoms with E-state index in [1.807, 2.05) is 0 Å². The lowest BCUT2D eigenvalue weighted by Gasteiger charge is -2.41. The molecule has 14 heavy (non-hydrogen) atoms. The monoisotopic (exact) mass is 217 g/mol. The van der Waals surface area contributed by atoms with Gasteiger partial charge in [0.05, 0.1) is 0 Å². The fourth-order valence-electron chi connectivity index (χ4n) is 2.26. The van der Waals surface area contributed by atoms with Crippen molar-refractivity contribution >= 4 is 11.6 Å². The van der Waals surface area contributed by atoms with E-state index in [0.29, 0.717) is 6.04 Å². The topological polar surface area (TPSA) is 12.0 Å². The van der Waals surface area contributed by atoms with Crippen molar-refractivity contribution < 1.29 is 0 Å². The third kappa shape index (κ3) is 3.13. The van der Waals surface area contributed by atoms with E-state index in [4.69, 9.17) is 11.6 Å². The second kappa shape index (κ2) is 5.37. The Morgan fingerprint density at radius 3 is 2.43 bits per heavy atom. The van der Waals surface area contributed by atoms with Gasteiger partial charge in [-0.25, -0.2) is 0 Å². The molecule has 0 saturated heterocycles. The summed E-state index contributed by atoms with van der Waals surface area (Å²) in [5, 5.41) is 3.72. The largest absolute Gasteiger partial charge is 0.308 e. The molecule has 84 valence electrons. The highest BCUT2D eigenvalue weighted by Crippen LogP contribution is 2.33. The fourth-order valence-corrected chi connectivity index (χ4v) is 2.60.